The smallest absolute Gasteiger partial charge is 0.315 e. The van der Waals surface area contributed by atoms with E-state index in [0.29, 0.717) is 24.5 Å². The average Bonchev–Trinajstić information content (AvgIpc) is 3.14. The van der Waals surface area contributed by atoms with Crippen LogP contribution in [0.25, 0.3) is 5.69 Å². The molecule has 9 nitrogen and oxygen atoms in total. The molecule has 10 heteroatoms. The number of hydrogen-bond acceptors (Lipinski definition) is 5. The van der Waals surface area contributed by atoms with Crippen molar-refractivity contribution in [3.8, 4) is 5.69 Å². The van der Waals surface area contributed by atoms with Gasteiger partial charge in [0, 0.05) is 19.0 Å². The van der Waals surface area contributed by atoms with Crippen LogP contribution in [0.4, 0.5) is 14.9 Å². The van der Waals surface area contributed by atoms with Gasteiger partial charge in [-0.3, -0.25) is 4.79 Å². The SMILES string of the molecule is Cc1nnnn1-c1ccc(F)c(NC(=O)CCCNC(=O)NC2CCCCC2)c1. The highest BCUT2D eigenvalue weighted by atomic mass is 19.1. The second kappa shape index (κ2) is 9.94. The number of nitrogens with zero attached hydrogens (tertiary/aromatic N) is 4. The van der Waals surface area contributed by atoms with E-state index in [1.807, 2.05) is 0 Å². The number of aryl methyl sites for hydroxylation is 1. The van der Waals surface area contributed by atoms with Crippen LogP contribution in [0.2, 0.25) is 0 Å². The maximum absolute atomic E-state index is 14.0. The first-order valence-corrected chi connectivity index (χ1v) is 9.92. The fraction of sp³-hybridized carbons (Fsp3) is 0.526. The molecule has 1 aliphatic rings. The zero-order valence-corrected chi connectivity index (χ0v) is 16.4. The summed E-state index contributed by atoms with van der Waals surface area (Å²) in [4.78, 5) is 24.0. The quantitative estimate of drug-likeness (QED) is 0.615. The Hall–Kier alpha value is -3.04. The molecule has 1 aromatic heterocycles. The summed E-state index contributed by atoms with van der Waals surface area (Å²) >= 11 is 0. The maximum atomic E-state index is 14.0. The van der Waals surface area contributed by atoms with Crippen molar-refractivity contribution in [3.05, 3.63) is 29.8 Å². The van der Waals surface area contributed by atoms with Gasteiger partial charge in [0.25, 0.3) is 0 Å². The van der Waals surface area contributed by atoms with Gasteiger partial charge in [-0.25, -0.2) is 9.18 Å². The molecule has 156 valence electrons. The van der Waals surface area contributed by atoms with Crippen LogP contribution >= 0.6 is 0 Å². The third-order valence-electron chi connectivity index (χ3n) is 4.90. The molecule has 2 aromatic rings. The predicted molar refractivity (Wildman–Crippen MR) is 105 cm³/mol. The van der Waals surface area contributed by atoms with Gasteiger partial charge in [-0.2, -0.15) is 4.68 Å². The lowest BCUT2D eigenvalue weighted by Crippen LogP contribution is -2.43. The number of benzene rings is 1. The van der Waals surface area contributed by atoms with E-state index in [-0.39, 0.29) is 30.1 Å². The van der Waals surface area contributed by atoms with Crippen molar-refractivity contribution in [2.24, 2.45) is 0 Å². The normalized spacial score (nSPS) is 14.4. The number of hydrogen-bond donors (Lipinski definition) is 3. The Balaban J connectivity index is 1.42. The number of carbonyl (C=O) groups excluding carboxylic acids is 2. The van der Waals surface area contributed by atoms with Crippen LogP contribution in [0, 0.1) is 12.7 Å². The van der Waals surface area contributed by atoms with E-state index >= 15 is 0 Å². The van der Waals surface area contributed by atoms with Gasteiger partial charge in [0.1, 0.15) is 5.82 Å². The third kappa shape index (κ3) is 5.97. The van der Waals surface area contributed by atoms with Gasteiger partial charge >= 0.3 is 6.03 Å². The Kier molecular flexibility index (Phi) is 7.09. The molecule has 1 aromatic carbocycles. The standard InChI is InChI=1S/C19H26FN7O2/c1-13-24-25-26-27(13)15-9-10-16(20)17(12-15)23-18(28)8-5-11-21-19(29)22-14-6-3-2-4-7-14/h9-10,12,14H,2-8,11H2,1H3,(H,23,28)(H2,21,22,29). The van der Waals surface area contributed by atoms with Crippen molar-refractivity contribution in [3.63, 3.8) is 0 Å². The summed E-state index contributed by atoms with van der Waals surface area (Å²) in [5.74, 6) is -0.326. The number of aromatic nitrogens is 4. The Bertz CT molecular complexity index is 849. The van der Waals surface area contributed by atoms with E-state index < -0.39 is 5.82 Å². The lowest BCUT2D eigenvalue weighted by atomic mass is 9.96. The van der Waals surface area contributed by atoms with Gasteiger partial charge in [-0.05, 0) is 54.8 Å². The molecule has 1 saturated carbocycles. The van der Waals surface area contributed by atoms with Crippen LogP contribution in [0.3, 0.4) is 0 Å². The summed E-state index contributed by atoms with van der Waals surface area (Å²) in [5, 5.41) is 19.5. The number of urea groups is 1. The fourth-order valence-corrected chi connectivity index (χ4v) is 3.36. The minimum atomic E-state index is -0.544. The number of rotatable bonds is 7. The monoisotopic (exact) mass is 403 g/mol. The summed E-state index contributed by atoms with van der Waals surface area (Å²) in [6, 6.07) is 4.30. The van der Waals surface area contributed by atoms with Crippen molar-refractivity contribution in [1.29, 1.82) is 0 Å². The van der Waals surface area contributed by atoms with Gasteiger partial charge in [-0.1, -0.05) is 19.3 Å². The van der Waals surface area contributed by atoms with E-state index in [4.69, 9.17) is 0 Å². The van der Waals surface area contributed by atoms with Crippen LogP contribution in [0.5, 0.6) is 0 Å². The highest BCUT2D eigenvalue weighted by molar-refractivity contribution is 5.91. The molecule has 0 aliphatic heterocycles. The highest BCUT2D eigenvalue weighted by Gasteiger charge is 2.15. The molecule has 29 heavy (non-hydrogen) atoms. The number of carbonyl (C=O) groups is 2. The second-order valence-corrected chi connectivity index (χ2v) is 7.19. The van der Waals surface area contributed by atoms with Crippen LogP contribution < -0.4 is 16.0 Å². The third-order valence-corrected chi connectivity index (χ3v) is 4.90. The number of nitrogens with one attached hydrogen (secondary N) is 3. The molecule has 1 aliphatic carbocycles. The zero-order chi connectivity index (χ0) is 20.6. The topological polar surface area (TPSA) is 114 Å². The minimum Gasteiger partial charge on any atom is -0.338 e. The fourth-order valence-electron chi connectivity index (χ4n) is 3.36. The van der Waals surface area contributed by atoms with E-state index in [1.165, 1.54) is 29.3 Å². The largest absolute Gasteiger partial charge is 0.338 e. The molecular formula is C19H26FN7O2. The van der Waals surface area contributed by atoms with Crippen LogP contribution in [0.15, 0.2) is 18.2 Å². The van der Waals surface area contributed by atoms with Gasteiger partial charge < -0.3 is 16.0 Å². The second-order valence-electron chi connectivity index (χ2n) is 7.19. The number of amides is 3. The molecule has 0 saturated heterocycles. The zero-order valence-electron chi connectivity index (χ0n) is 16.4. The molecule has 0 radical (unpaired) electrons. The molecule has 3 rings (SSSR count). The summed E-state index contributed by atoms with van der Waals surface area (Å²) < 4.78 is 15.5. The molecule has 0 atom stereocenters. The predicted octanol–water partition coefficient (Wildman–Crippen LogP) is 2.46. The van der Waals surface area contributed by atoms with E-state index in [9.17, 15) is 14.0 Å². The average molecular weight is 403 g/mol. The number of anilines is 1. The van der Waals surface area contributed by atoms with Gasteiger partial charge in [0.15, 0.2) is 5.82 Å². The van der Waals surface area contributed by atoms with Crippen LogP contribution in [-0.2, 0) is 4.79 Å². The van der Waals surface area contributed by atoms with Crippen molar-refractivity contribution in [2.75, 3.05) is 11.9 Å². The summed E-state index contributed by atoms with van der Waals surface area (Å²) in [5.41, 5.74) is 0.607. The van der Waals surface area contributed by atoms with E-state index in [0.717, 1.165) is 25.7 Å². The first kappa shape index (κ1) is 20.7. The lowest BCUT2D eigenvalue weighted by molar-refractivity contribution is -0.116. The van der Waals surface area contributed by atoms with Crippen molar-refractivity contribution in [2.45, 2.75) is 57.9 Å². The first-order chi connectivity index (χ1) is 14.0. The van der Waals surface area contributed by atoms with E-state index in [1.54, 1.807) is 6.92 Å². The maximum Gasteiger partial charge on any atom is 0.315 e. The molecule has 1 fully saturated rings. The minimum absolute atomic E-state index is 0.0606. The Morgan fingerprint density at radius 1 is 1.24 bits per heavy atom. The van der Waals surface area contributed by atoms with E-state index in [2.05, 4.69) is 31.5 Å². The molecular weight excluding hydrogens is 377 g/mol. The van der Waals surface area contributed by atoms with Gasteiger partial charge in [0.2, 0.25) is 5.91 Å². The summed E-state index contributed by atoms with van der Waals surface area (Å²) in [6.45, 7) is 2.09. The van der Waals surface area contributed by atoms with Crippen molar-refractivity contribution < 1.29 is 14.0 Å². The molecule has 3 amide bonds. The molecule has 1 heterocycles. The number of tetrazole rings is 1. The van der Waals surface area contributed by atoms with Gasteiger partial charge in [0.05, 0.1) is 11.4 Å². The van der Waals surface area contributed by atoms with Gasteiger partial charge in [-0.15, -0.1) is 5.10 Å². The molecule has 3 N–H and O–H groups in total. The Morgan fingerprint density at radius 3 is 2.76 bits per heavy atom. The van der Waals surface area contributed by atoms with Crippen molar-refractivity contribution >= 4 is 17.6 Å². The molecule has 0 bridgehead atoms. The Morgan fingerprint density at radius 2 is 2.03 bits per heavy atom. The number of halogens is 1. The van der Waals surface area contributed by atoms with Crippen LogP contribution in [-0.4, -0.2) is 44.7 Å². The summed E-state index contributed by atoms with van der Waals surface area (Å²) in [7, 11) is 0. The lowest BCUT2D eigenvalue weighted by Gasteiger charge is -2.22. The molecule has 0 spiro atoms. The highest BCUT2D eigenvalue weighted by Crippen LogP contribution is 2.19. The first-order valence-electron chi connectivity index (χ1n) is 9.92. The van der Waals surface area contributed by atoms with Crippen LogP contribution in [0.1, 0.15) is 50.8 Å². The molecule has 0 unspecified atom stereocenters. The summed E-state index contributed by atoms with van der Waals surface area (Å²) in [6.07, 6.45) is 6.18. The van der Waals surface area contributed by atoms with Crippen molar-refractivity contribution in [1.82, 2.24) is 30.8 Å². The Labute approximate surface area is 168 Å².